The lowest BCUT2D eigenvalue weighted by Crippen LogP contribution is -2.17. The number of hydrogen-bond acceptors (Lipinski definition) is 1. The molecule has 0 aliphatic heterocycles. The van der Waals surface area contributed by atoms with Gasteiger partial charge in [-0.1, -0.05) is 39.5 Å². The van der Waals surface area contributed by atoms with Gasteiger partial charge in [0, 0.05) is 12.8 Å². The van der Waals surface area contributed by atoms with Crippen LogP contribution < -0.4 is 0 Å². The highest BCUT2D eigenvalue weighted by atomic mass is 16.1. The largest absolute Gasteiger partial charge is 0.300 e. The van der Waals surface area contributed by atoms with Crippen molar-refractivity contribution in [3.8, 4) is 0 Å². The van der Waals surface area contributed by atoms with Gasteiger partial charge in [0.25, 0.3) is 0 Å². The first-order chi connectivity index (χ1) is 5.72. The van der Waals surface area contributed by atoms with Crippen molar-refractivity contribution in [1.82, 2.24) is 0 Å². The number of carbonyl (C=O) groups excluding carboxylic acids is 1. The van der Waals surface area contributed by atoms with E-state index in [1.165, 1.54) is 19.3 Å². The van der Waals surface area contributed by atoms with E-state index in [1.807, 2.05) is 0 Å². The average molecular weight is 168 g/mol. The van der Waals surface area contributed by atoms with Crippen LogP contribution in [0, 0.1) is 11.8 Å². The molecule has 1 atom stereocenters. The molecule has 0 amide bonds. The Bertz CT molecular complexity index is 138. The summed E-state index contributed by atoms with van der Waals surface area (Å²) in [5.41, 5.74) is 0. The van der Waals surface area contributed by atoms with Crippen LogP contribution in [0.3, 0.4) is 0 Å². The molecule has 0 bridgehead atoms. The summed E-state index contributed by atoms with van der Waals surface area (Å²) in [6.45, 7) is 4.32. The van der Waals surface area contributed by atoms with E-state index in [9.17, 15) is 4.79 Å². The highest BCUT2D eigenvalue weighted by Crippen LogP contribution is 2.30. The first kappa shape index (κ1) is 9.76. The van der Waals surface area contributed by atoms with Gasteiger partial charge in [-0.3, -0.25) is 4.79 Å². The Kier molecular flexibility index (Phi) is 3.77. The number of carbonyl (C=O) groups is 1. The summed E-state index contributed by atoms with van der Waals surface area (Å²) in [5.74, 6) is 1.84. The lowest BCUT2D eigenvalue weighted by molar-refractivity contribution is -0.121. The van der Waals surface area contributed by atoms with Crippen LogP contribution in [0.1, 0.15) is 52.4 Å². The number of ketones is 1. The molecule has 0 aromatic heterocycles. The Hall–Kier alpha value is -0.330. The third kappa shape index (κ3) is 2.96. The standard InChI is InChI=1S/C11H20O/c1-3-9(2)7-11(12)8-10-5-4-6-10/h9-10H,3-8H2,1-2H3. The zero-order valence-electron chi connectivity index (χ0n) is 8.31. The van der Waals surface area contributed by atoms with E-state index in [2.05, 4.69) is 13.8 Å². The second-order valence-electron chi connectivity index (χ2n) is 4.26. The average Bonchev–Trinajstić information content (AvgIpc) is 1.97. The maximum absolute atomic E-state index is 11.4. The van der Waals surface area contributed by atoms with Crippen LogP contribution in [-0.4, -0.2) is 5.78 Å². The molecule has 0 N–H and O–H groups in total. The van der Waals surface area contributed by atoms with E-state index >= 15 is 0 Å². The van der Waals surface area contributed by atoms with Crippen molar-refractivity contribution in [2.24, 2.45) is 11.8 Å². The van der Waals surface area contributed by atoms with Gasteiger partial charge in [-0.15, -0.1) is 0 Å². The molecule has 1 saturated carbocycles. The van der Waals surface area contributed by atoms with E-state index in [0.29, 0.717) is 11.7 Å². The lowest BCUT2D eigenvalue weighted by Gasteiger charge is -2.24. The normalized spacial score (nSPS) is 20.2. The monoisotopic (exact) mass is 168 g/mol. The smallest absolute Gasteiger partial charge is 0.133 e. The van der Waals surface area contributed by atoms with Crippen molar-refractivity contribution >= 4 is 5.78 Å². The fourth-order valence-corrected chi connectivity index (χ4v) is 1.64. The minimum atomic E-state index is 0.494. The zero-order chi connectivity index (χ0) is 8.97. The molecule has 1 nitrogen and oxygen atoms in total. The molecule has 1 unspecified atom stereocenters. The Morgan fingerprint density at radius 1 is 1.50 bits per heavy atom. The molecule has 12 heavy (non-hydrogen) atoms. The summed E-state index contributed by atoms with van der Waals surface area (Å²) in [6, 6.07) is 0. The van der Waals surface area contributed by atoms with Gasteiger partial charge in [-0.25, -0.2) is 0 Å². The Morgan fingerprint density at radius 2 is 2.17 bits per heavy atom. The third-order valence-electron chi connectivity index (χ3n) is 3.01. The predicted molar refractivity (Wildman–Crippen MR) is 51.0 cm³/mol. The van der Waals surface area contributed by atoms with Crippen LogP contribution in [0.25, 0.3) is 0 Å². The molecular formula is C11H20O. The summed E-state index contributed by atoms with van der Waals surface area (Å²) < 4.78 is 0. The maximum Gasteiger partial charge on any atom is 0.133 e. The zero-order valence-corrected chi connectivity index (χ0v) is 8.31. The highest BCUT2D eigenvalue weighted by molar-refractivity contribution is 5.78. The summed E-state index contributed by atoms with van der Waals surface area (Å²) in [6.07, 6.45) is 6.76. The molecule has 1 fully saturated rings. The molecule has 1 rings (SSSR count). The van der Waals surface area contributed by atoms with Crippen LogP contribution >= 0.6 is 0 Å². The summed E-state index contributed by atoms with van der Waals surface area (Å²) in [5, 5.41) is 0. The van der Waals surface area contributed by atoms with Crippen molar-refractivity contribution in [3.63, 3.8) is 0 Å². The summed E-state index contributed by atoms with van der Waals surface area (Å²) in [4.78, 5) is 11.4. The van der Waals surface area contributed by atoms with Crippen LogP contribution in [0.5, 0.6) is 0 Å². The van der Waals surface area contributed by atoms with Gasteiger partial charge >= 0.3 is 0 Å². The van der Waals surface area contributed by atoms with Gasteiger partial charge in [0.1, 0.15) is 5.78 Å². The third-order valence-corrected chi connectivity index (χ3v) is 3.01. The van der Waals surface area contributed by atoms with Crippen LogP contribution in [0.2, 0.25) is 0 Å². The summed E-state index contributed by atoms with van der Waals surface area (Å²) in [7, 11) is 0. The number of hydrogen-bond donors (Lipinski definition) is 0. The van der Waals surface area contributed by atoms with Gasteiger partial charge in [0.05, 0.1) is 0 Å². The van der Waals surface area contributed by atoms with Gasteiger partial charge in [0.15, 0.2) is 0 Å². The molecule has 1 aliphatic carbocycles. The minimum absolute atomic E-state index is 0.494. The molecule has 1 heteroatoms. The SMILES string of the molecule is CCC(C)CC(=O)CC1CCC1. The van der Waals surface area contributed by atoms with Crippen molar-refractivity contribution in [2.75, 3.05) is 0 Å². The van der Waals surface area contributed by atoms with E-state index in [1.54, 1.807) is 0 Å². The van der Waals surface area contributed by atoms with Gasteiger partial charge in [0.2, 0.25) is 0 Å². The molecule has 0 aromatic rings. The number of Topliss-reactive ketones (excluding diaryl/α,β-unsaturated/α-hetero) is 1. The molecule has 0 radical (unpaired) electrons. The fourth-order valence-electron chi connectivity index (χ4n) is 1.64. The van der Waals surface area contributed by atoms with E-state index in [4.69, 9.17) is 0 Å². The number of rotatable bonds is 5. The van der Waals surface area contributed by atoms with Crippen LogP contribution in [0.4, 0.5) is 0 Å². The second-order valence-corrected chi connectivity index (χ2v) is 4.26. The first-order valence-electron chi connectivity index (χ1n) is 5.24. The predicted octanol–water partition coefficient (Wildman–Crippen LogP) is 3.18. The van der Waals surface area contributed by atoms with Crippen molar-refractivity contribution < 1.29 is 4.79 Å². The highest BCUT2D eigenvalue weighted by Gasteiger charge is 2.20. The quantitative estimate of drug-likeness (QED) is 0.616. The second kappa shape index (κ2) is 4.64. The van der Waals surface area contributed by atoms with Gasteiger partial charge in [-0.05, 0) is 11.8 Å². The Morgan fingerprint density at radius 3 is 2.58 bits per heavy atom. The topological polar surface area (TPSA) is 17.1 Å². The van der Waals surface area contributed by atoms with Gasteiger partial charge < -0.3 is 0 Å². The van der Waals surface area contributed by atoms with Crippen molar-refractivity contribution in [3.05, 3.63) is 0 Å². The molecule has 0 heterocycles. The fraction of sp³-hybridized carbons (Fsp3) is 0.909. The van der Waals surface area contributed by atoms with Crippen molar-refractivity contribution in [2.45, 2.75) is 52.4 Å². The lowest BCUT2D eigenvalue weighted by atomic mass is 9.80. The van der Waals surface area contributed by atoms with Crippen LogP contribution in [0.15, 0.2) is 0 Å². The molecule has 0 aromatic carbocycles. The minimum Gasteiger partial charge on any atom is -0.300 e. The molecule has 70 valence electrons. The van der Waals surface area contributed by atoms with E-state index < -0.39 is 0 Å². The maximum atomic E-state index is 11.4. The van der Waals surface area contributed by atoms with Crippen molar-refractivity contribution in [1.29, 1.82) is 0 Å². The Balaban J connectivity index is 2.10. The Labute approximate surface area is 75.5 Å². The van der Waals surface area contributed by atoms with Crippen LogP contribution in [-0.2, 0) is 4.79 Å². The molecular weight excluding hydrogens is 148 g/mol. The first-order valence-corrected chi connectivity index (χ1v) is 5.24. The molecule has 1 aliphatic rings. The molecule has 0 spiro atoms. The summed E-state index contributed by atoms with van der Waals surface area (Å²) >= 11 is 0. The van der Waals surface area contributed by atoms with E-state index in [0.717, 1.165) is 25.2 Å². The van der Waals surface area contributed by atoms with Gasteiger partial charge in [-0.2, -0.15) is 0 Å². The molecule has 0 saturated heterocycles. The van der Waals surface area contributed by atoms with E-state index in [-0.39, 0.29) is 0 Å².